The Hall–Kier alpha value is -1.26. The van der Waals surface area contributed by atoms with Crippen LogP contribution in [0.4, 0.5) is 5.69 Å². The highest BCUT2D eigenvalue weighted by atomic mass is 35.5. The molecule has 90 valence electrons. The zero-order chi connectivity index (χ0) is 12.7. The first-order chi connectivity index (χ1) is 7.91. The second kappa shape index (κ2) is 4.20. The molecule has 0 spiro atoms. The monoisotopic (exact) mass is 271 g/mol. The lowest BCUT2D eigenvalue weighted by Gasteiger charge is -2.19. The highest BCUT2D eigenvalue weighted by Crippen LogP contribution is 2.36. The molecule has 0 bridgehead atoms. The summed E-state index contributed by atoms with van der Waals surface area (Å²) < 4.78 is 0. The second-order valence-electron chi connectivity index (χ2n) is 3.91. The van der Waals surface area contributed by atoms with Gasteiger partial charge in [0, 0.05) is 10.0 Å². The number of benzene rings is 1. The van der Waals surface area contributed by atoms with Crippen molar-refractivity contribution >= 4 is 40.6 Å². The summed E-state index contributed by atoms with van der Waals surface area (Å²) in [6.45, 7) is 3.64. The standard InChI is InChI=1S/C11H11Cl2N3O/c1-5-7(12)3-8(13)6(2)11(5)16-10(17)4-9(14)15-16/h3H,4H2,1-2H3,(H2,14,15). The van der Waals surface area contributed by atoms with E-state index in [1.165, 1.54) is 5.01 Å². The lowest BCUT2D eigenvalue weighted by Crippen LogP contribution is -2.21. The van der Waals surface area contributed by atoms with Crippen LogP contribution in [0.15, 0.2) is 11.2 Å². The molecule has 0 saturated heterocycles. The van der Waals surface area contributed by atoms with Crippen molar-refractivity contribution in [3.63, 3.8) is 0 Å². The molecule has 2 rings (SSSR count). The number of hydrogen-bond acceptors (Lipinski definition) is 3. The highest BCUT2D eigenvalue weighted by Gasteiger charge is 2.27. The zero-order valence-corrected chi connectivity index (χ0v) is 10.9. The van der Waals surface area contributed by atoms with Gasteiger partial charge < -0.3 is 5.73 Å². The number of hydrogen-bond donors (Lipinski definition) is 1. The summed E-state index contributed by atoms with van der Waals surface area (Å²) in [6.07, 6.45) is 0.128. The fourth-order valence-corrected chi connectivity index (χ4v) is 2.23. The van der Waals surface area contributed by atoms with Crippen LogP contribution in [0.3, 0.4) is 0 Å². The van der Waals surface area contributed by atoms with Gasteiger partial charge in [-0.15, -0.1) is 0 Å². The van der Waals surface area contributed by atoms with E-state index in [1.807, 2.05) is 13.8 Å². The summed E-state index contributed by atoms with van der Waals surface area (Å²) in [7, 11) is 0. The molecule has 0 radical (unpaired) electrons. The van der Waals surface area contributed by atoms with Gasteiger partial charge in [-0.3, -0.25) is 4.79 Å². The zero-order valence-electron chi connectivity index (χ0n) is 9.42. The molecule has 0 unspecified atom stereocenters. The molecular formula is C11H11Cl2N3O. The normalized spacial score (nSPS) is 15.4. The van der Waals surface area contributed by atoms with Crippen molar-refractivity contribution in [3.05, 3.63) is 27.2 Å². The molecule has 0 aliphatic carbocycles. The van der Waals surface area contributed by atoms with Gasteiger partial charge in [0.25, 0.3) is 5.91 Å². The van der Waals surface area contributed by atoms with Crippen molar-refractivity contribution in [2.45, 2.75) is 20.3 Å². The van der Waals surface area contributed by atoms with Gasteiger partial charge in [0.05, 0.1) is 12.1 Å². The first-order valence-corrected chi connectivity index (χ1v) is 5.78. The maximum atomic E-state index is 11.8. The first-order valence-electron chi connectivity index (χ1n) is 5.03. The van der Waals surface area contributed by atoms with Crippen LogP contribution in [0.5, 0.6) is 0 Å². The minimum absolute atomic E-state index is 0.128. The highest BCUT2D eigenvalue weighted by molar-refractivity contribution is 6.36. The first kappa shape index (κ1) is 12.2. The third-order valence-corrected chi connectivity index (χ3v) is 3.47. The molecule has 0 atom stereocenters. The van der Waals surface area contributed by atoms with E-state index in [0.717, 1.165) is 11.1 Å². The topological polar surface area (TPSA) is 58.7 Å². The number of carbonyl (C=O) groups is 1. The number of amidine groups is 1. The molecule has 0 saturated carbocycles. The molecule has 1 amide bonds. The number of amides is 1. The molecule has 2 N–H and O–H groups in total. The minimum atomic E-state index is -0.174. The average molecular weight is 272 g/mol. The maximum absolute atomic E-state index is 11.8. The average Bonchev–Trinajstić information content (AvgIpc) is 2.56. The van der Waals surface area contributed by atoms with Crippen molar-refractivity contribution in [1.29, 1.82) is 0 Å². The predicted octanol–water partition coefficient (Wildman–Crippen LogP) is 2.62. The number of carbonyl (C=O) groups excluding carboxylic acids is 1. The van der Waals surface area contributed by atoms with E-state index in [4.69, 9.17) is 28.9 Å². The van der Waals surface area contributed by atoms with Crippen molar-refractivity contribution < 1.29 is 4.79 Å². The fourth-order valence-electron chi connectivity index (χ4n) is 1.78. The SMILES string of the molecule is Cc1c(Cl)cc(Cl)c(C)c1N1N=C(N)CC1=O. The van der Waals surface area contributed by atoms with E-state index in [0.29, 0.717) is 21.6 Å². The van der Waals surface area contributed by atoms with Crippen LogP contribution >= 0.6 is 23.2 Å². The number of anilines is 1. The van der Waals surface area contributed by atoms with Crippen molar-refractivity contribution in [2.24, 2.45) is 10.8 Å². The summed E-state index contributed by atoms with van der Waals surface area (Å²) in [4.78, 5) is 11.8. The van der Waals surface area contributed by atoms with Crippen LogP contribution in [-0.2, 0) is 4.79 Å². The molecule has 0 aromatic heterocycles. The number of nitrogens with two attached hydrogens (primary N) is 1. The summed E-state index contributed by atoms with van der Waals surface area (Å²) in [6, 6.07) is 1.66. The van der Waals surface area contributed by atoms with E-state index in [2.05, 4.69) is 5.10 Å². The van der Waals surface area contributed by atoms with E-state index in [-0.39, 0.29) is 12.3 Å². The Labute approximate surface area is 109 Å². The summed E-state index contributed by atoms with van der Waals surface area (Å²) >= 11 is 12.1. The maximum Gasteiger partial charge on any atom is 0.255 e. The van der Waals surface area contributed by atoms with Gasteiger partial charge in [-0.25, -0.2) is 0 Å². The number of halogens is 2. The Bertz CT molecular complexity index is 514. The largest absolute Gasteiger partial charge is 0.385 e. The van der Waals surface area contributed by atoms with E-state index in [9.17, 15) is 4.79 Å². The van der Waals surface area contributed by atoms with Gasteiger partial charge in [-0.1, -0.05) is 23.2 Å². The molecule has 1 aromatic rings. The van der Waals surface area contributed by atoms with Gasteiger partial charge in [0.1, 0.15) is 5.84 Å². The summed E-state index contributed by atoms with van der Waals surface area (Å²) in [5, 5.41) is 6.29. The number of nitrogens with zero attached hydrogens (tertiary/aromatic N) is 2. The molecule has 1 aliphatic rings. The Morgan fingerprint density at radius 2 is 1.82 bits per heavy atom. The van der Waals surface area contributed by atoms with Crippen molar-refractivity contribution in [1.82, 2.24) is 0 Å². The molecule has 1 aromatic carbocycles. The van der Waals surface area contributed by atoms with Gasteiger partial charge >= 0.3 is 0 Å². The summed E-state index contributed by atoms with van der Waals surface area (Å²) in [5.74, 6) is 0.122. The van der Waals surface area contributed by atoms with Crippen LogP contribution < -0.4 is 10.7 Å². The van der Waals surface area contributed by atoms with Gasteiger partial charge in [0.2, 0.25) is 0 Å². The molecular weight excluding hydrogens is 261 g/mol. The second-order valence-corrected chi connectivity index (χ2v) is 4.73. The van der Waals surface area contributed by atoms with E-state index >= 15 is 0 Å². The Kier molecular flexibility index (Phi) is 3.02. The third-order valence-electron chi connectivity index (χ3n) is 2.69. The molecule has 1 heterocycles. The molecule has 1 aliphatic heterocycles. The van der Waals surface area contributed by atoms with Crippen molar-refractivity contribution in [2.75, 3.05) is 5.01 Å². The smallest absolute Gasteiger partial charge is 0.255 e. The fraction of sp³-hybridized carbons (Fsp3) is 0.273. The van der Waals surface area contributed by atoms with Crippen LogP contribution in [0.25, 0.3) is 0 Å². The molecule has 4 nitrogen and oxygen atoms in total. The summed E-state index contributed by atoms with van der Waals surface area (Å²) in [5.41, 5.74) is 7.70. The Morgan fingerprint density at radius 1 is 1.29 bits per heavy atom. The third kappa shape index (κ3) is 1.98. The van der Waals surface area contributed by atoms with Crippen LogP contribution in [0.1, 0.15) is 17.5 Å². The Balaban J connectivity index is 2.63. The van der Waals surface area contributed by atoms with Crippen LogP contribution in [0.2, 0.25) is 10.0 Å². The van der Waals surface area contributed by atoms with Gasteiger partial charge in [0.15, 0.2) is 0 Å². The van der Waals surface area contributed by atoms with Gasteiger partial charge in [-0.05, 0) is 31.0 Å². The molecule has 17 heavy (non-hydrogen) atoms. The predicted molar refractivity (Wildman–Crippen MR) is 69.7 cm³/mol. The van der Waals surface area contributed by atoms with Crippen LogP contribution in [0, 0.1) is 13.8 Å². The van der Waals surface area contributed by atoms with Crippen LogP contribution in [-0.4, -0.2) is 11.7 Å². The van der Waals surface area contributed by atoms with E-state index < -0.39 is 0 Å². The number of rotatable bonds is 1. The lowest BCUT2D eigenvalue weighted by molar-refractivity contribution is -0.116. The Morgan fingerprint density at radius 3 is 2.24 bits per heavy atom. The van der Waals surface area contributed by atoms with E-state index in [1.54, 1.807) is 6.07 Å². The number of hydrazone groups is 1. The van der Waals surface area contributed by atoms with Gasteiger partial charge in [-0.2, -0.15) is 10.1 Å². The lowest BCUT2D eigenvalue weighted by atomic mass is 10.1. The molecule has 0 fully saturated rings. The quantitative estimate of drug-likeness (QED) is 0.854. The molecule has 6 heteroatoms. The minimum Gasteiger partial charge on any atom is -0.385 e. The van der Waals surface area contributed by atoms with Crippen molar-refractivity contribution in [3.8, 4) is 0 Å².